The van der Waals surface area contributed by atoms with Gasteiger partial charge in [-0.15, -0.1) is 0 Å². The van der Waals surface area contributed by atoms with Gasteiger partial charge in [0.05, 0.1) is 5.56 Å². The molecule has 3 rings (SSSR count). The second kappa shape index (κ2) is 5.36. The Hall–Kier alpha value is -1.50. The summed E-state index contributed by atoms with van der Waals surface area (Å²) in [6.45, 7) is 3.35. The van der Waals surface area contributed by atoms with Crippen LogP contribution in [0.2, 0.25) is 0 Å². The number of carbonyl (C=O) groups is 1. The van der Waals surface area contributed by atoms with Crippen LogP contribution in [0.15, 0.2) is 30.3 Å². The van der Waals surface area contributed by atoms with Crippen molar-refractivity contribution < 1.29 is 28.1 Å². The summed E-state index contributed by atoms with van der Waals surface area (Å²) in [6.07, 6.45) is -3.59. The number of hydrogen-bond acceptors (Lipinski definition) is 5. The van der Waals surface area contributed by atoms with Gasteiger partial charge in [-0.2, -0.15) is 0 Å². The van der Waals surface area contributed by atoms with Gasteiger partial charge in [0, 0.05) is 0 Å². The second-order valence-corrected chi connectivity index (χ2v) is 5.55. The first-order valence-electron chi connectivity index (χ1n) is 6.84. The highest BCUT2D eigenvalue weighted by Crippen LogP contribution is 2.39. The van der Waals surface area contributed by atoms with Crippen LogP contribution in [0.25, 0.3) is 0 Å². The van der Waals surface area contributed by atoms with E-state index in [1.807, 2.05) is 0 Å². The number of ether oxygens (including phenoxy) is 4. The smallest absolute Gasteiger partial charge is 0.338 e. The van der Waals surface area contributed by atoms with Crippen LogP contribution in [0.4, 0.5) is 4.39 Å². The topological polar surface area (TPSA) is 54.0 Å². The highest BCUT2D eigenvalue weighted by Gasteiger charge is 2.56. The molecule has 0 bridgehead atoms. The van der Waals surface area contributed by atoms with E-state index < -0.39 is 36.4 Å². The van der Waals surface area contributed by atoms with Crippen LogP contribution >= 0.6 is 0 Å². The molecule has 5 nitrogen and oxygen atoms in total. The Morgan fingerprint density at radius 1 is 1.24 bits per heavy atom. The molecular weight excluding hydrogens is 279 g/mol. The molecule has 2 fully saturated rings. The Kier molecular flexibility index (Phi) is 3.69. The summed E-state index contributed by atoms with van der Waals surface area (Å²) in [5.41, 5.74) is 0.438. The van der Waals surface area contributed by atoms with E-state index in [9.17, 15) is 9.18 Å². The number of esters is 1. The van der Waals surface area contributed by atoms with Crippen molar-refractivity contribution in [3.63, 3.8) is 0 Å². The third-order valence-corrected chi connectivity index (χ3v) is 3.48. The molecular formula is C15H17FO5. The summed E-state index contributed by atoms with van der Waals surface area (Å²) >= 11 is 0. The second-order valence-electron chi connectivity index (χ2n) is 5.55. The molecule has 0 aliphatic carbocycles. The fraction of sp³-hybridized carbons (Fsp3) is 0.533. The van der Waals surface area contributed by atoms with E-state index in [2.05, 4.69) is 0 Å². The average molecular weight is 296 g/mol. The lowest BCUT2D eigenvalue weighted by Gasteiger charge is -2.22. The number of rotatable bonds is 3. The maximum Gasteiger partial charge on any atom is 0.338 e. The largest absolute Gasteiger partial charge is 0.459 e. The normalized spacial score (nSPS) is 33.7. The van der Waals surface area contributed by atoms with E-state index in [1.54, 1.807) is 44.2 Å². The molecule has 2 unspecified atom stereocenters. The third kappa shape index (κ3) is 2.92. The highest BCUT2D eigenvalue weighted by atomic mass is 19.1. The summed E-state index contributed by atoms with van der Waals surface area (Å²) < 4.78 is 35.1. The fourth-order valence-corrected chi connectivity index (χ4v) is 2.58. The molecule has 6 heteroatoms. The first kappa shape index (κ1) is 14.4. The molecule has 2 heterocycles. The highest BCUT2D eigenvalue weighted by molar-refractivity contribution is 5.89. The lowest BCUT2D eigenvalue weighted by Crippen LogP contribution is -2.33. The van der Waals surface area contributed by atoms with Crippen LogP contribution in [0.5, 0.6) is 0 Å². The molecule has 0 spiro atoms. The molecule has 0 saturated carbocycles. The van der Waals surface area contributed by atoms with Crippen molar-refractivity contribution in [1.29, 1.82) is 0 Å². The predicted molar refractivity (Wildman–Crippen MR) is 70.3 cm³/mol. The molecule has 1 aromatic rings. The van der Waals surface area contributed by atoms with Crippen LogP contribution in [0, 0.1) is 0 Å². The molecule has 0 amide bonds. The lowest BCUT2D eigenvalue weighted by molar-refractivity contribution is -0.207. The van der Waals surface area contributed by atoms with E-state index in [0.717, 1.165) is 0 Å². The van der Waals surface area contributed by atoms with Gasteiger partial charge in [-0.1, -0.05) is 18.2 Å². The Morgan fingerprint density at radius 3 is 2.62 bits per heavy atom. The van der Waals surface area contributed by atoms with Crippen molar-refractivity contribution in [3.05, 3.63) is 35.9 Å². The SMILES string of the molecule is CC1(C)OC2C(O1)[C@@H](COC(=O)c1ccccc1)O[C@H]2F. The molecule has 0 radical (unpaired) electrons. The molecule has 0 N–H and O–H groups in total. The van der Waals surface area contributed by atoms with Crippen molar-refractivity contribution in [2.45, 2.75) is 44.3 Å². The van der Waals surface area contributed by atoms with E-state index in [4.69, 9.17) is 18.9 Å². The maximum atomic E-state index is 13.8. The van der Waals surface area contributed by atoms with E-state index in [0.29, 0.717) is 5.56 Å². The molecule has 2 aliphatic heterocycles. The number of carbonyl (C=O) groups excluding carboxylic acids is 1. The Bertz CT molecular complexity index is 518. The molecule has 21 heavy (non-hydrogen) atoms. The van der Waals surface area contributed by atoms with Gasteiger partial charge in [0.25, 0.3) is 0 Å². The van der Waals surface area contributed by atoms with E-state index in [-0.39, 0.29) is 6.61 Å². The molecule has 2 aliphatic rings. The Morgan fingerprint density at radius 2 is 1.90 bits per heavy atom. The standard InChI is InChI=1S/C15H17FO5/c1-15(2)20-11-10(19-13(16)12(11)21-15)8-18-14(17)9-6-4-3-5-7-9/h3-7,10-13H,8H2,1-2H3/t10-,11?,12?,13-/m1/s1. The zero-order valence-electron chi connectivity index (χ0n) is 11.8. The minimum atomic E-state index is -1.57. The van der Waals surface area contributed by atoms with Gasteiger partial charge in [0.1, 0.15) is 24.9 Å². The summed E-state index contributed by atoms with van der Waals surface area (Å²) in [6, 6.07) is 8.59. The summed E-state index contributed by atoms with van der Waals surface area (Å²) in [5.74, 6) is -1.33. The quantitative estimate of drug-likeness (QED) is 0.799. The van der Waals surface area contributed by atoms with Gasteiger partial charge >= 0.3 is 5.97 Å². The van der Waals surface area contributed by atoms with Crippen LogP contribution in [0.3, 0.4) is 0 Å². The molecule has 0 aromatic heterocycles. The van der Waals surface area contributed by atoms with Gasteiger partial charge in [-0.05, 0) is 26.0 Å². The van der Waals surface area contributed by atoms with Crippen molar-refractivity contribution >= 4 is 5.97 Å². The van der Waals surface area contributed by atoms with Crippen LogP contribution < -0.4 is 0 Å². The molecule has 114 valence electrons. The maximum absolute atomic E-state index is 13.8. The number of halogens is 1. The number of alkyl halides is 1. The van der Waals surface area contributed by atoms with Crippen LogP contribution in [-0.4, -0.2) is 43.0 Å². The Balaban J connectivity index is 1.60. The van der Waals surface area contributed by atoms with Gasteiger partial charge in [-0.25, -0.2) is 9.18 Å². The first-order valence-corrected chi connectivity index (χ1v) is 6.84. The summed E-state index contributed by atoms with van der Waals surface area (Å²) in [4.78, 5) is 11.9. The minimum absolute atomic E-state index is 0.0746. The Labute approximate surface area is 121 Å². The average Bonchev–Trinajstić information content (AvgIpc) is 2.92. The van der Waals surface area contributed by atoms with Crippen molar-refractivity contribution in [2.75, 3.05) is 6.61 Å². The van der Waals surface area contributed by atoms with Crippen LogP contribution in [0.1, 0.15) is 24.2 Å². The number of hydrogen-bond donors (Lipinski definition) is 0. The van der Waals surface area contributed by atoms with E-state index in [1.165, 1.54) is 0 Å². The fourth-order valence-electron chi connectivity index (χ4n) is 2.58. The van der Waals surface area contributed by atoms with Crippen LogP contribution in [-0.2, 0) is 18.9 Å². The van der Waals surface area contributed by atoms with Crippen molar-refractivity contribution in [2.24, 2.45) is 0 Å². The number of fused-ring (bicyclic) bond motifs is 1. The monoisotopic (exact) mass is 296 g/mol. The number of benzene rings is 1. The summed E-state index contributed by atoms with van der Waals surface area (Å²) in [7, 11) is 0. The zero-order valence-corrected chi connectivity index (χ0v) is 11.8. The zero-order chi connectivity index (χ0) is 15.0. The molecule has 2 saturated heterocycles. The van der Waals surface area contributed by atoms with Crippen molar-refractivity contribution in [1.82, 2.24) is 0 Å². The third-order valence-electron chi connectivity index (χ3n) is 3.48. The molecule has 1 aromatic carbocycles. The van der Waals surface area contributed by atoms with Gasteiger partial charge in [0.2, 0.25) is 6.36 Å². The minimum Gasteiger partial charge on any atom is -0.459 e. The van der Waals surface area contributed by atoms with Gasteiger partial charge in [0.15, 0.2) is 5.79 Å². The van der Waals surface area contributed by atoms with Gasteiger partial charge < -0.3 is 18.9 Å². The molecule has 4 atom stereocenters. The van der Waals surface area contributed by atoms with Gasteiger partial charge in [-0.3, -0.25) is 0 Å². The van der Waals surface area contributed by atoms with Crippen molar-refractivity contribution in [3.8, 4) is 0 Å². The first-order chi connectivity index (χ1) is 9.96. The van der Waals surface area contributed by atoms with E-state index >= 15 is 0 Å². The predicted octanol–water partition coefficient (Wildman–Crippen LogP) is 2.06. The lowest BCUT2D eigenvalue weighted by atomic mass is 10.1. The summed E-state index contributed by atoms with van der Waals surface area (Å²) in [5, 5.41) is 0.